The molecule has 0 unspecified atom stereocenters. The number of thioether (sulfide) groups is 1. The van der Waals surface area contributed by atoms with Crippen molar-refractivity contribution >= 4 is 17.5 Å². The lowest BCUT2D eigenvalue weighted by atomic mass is 9.96. The molecule has 5 nitrogen and oxygen atoms in total. The molecule has 0 aliphatic rings. The van der Waals surface area contributed by atoms with Gasteiger partial charge in [-0.2, -0.15) is 0 Å². The summed E-state index contributed by atoms with van der Waals surface area (Å²) in [5.41, 5.74) is 0.559. The van der Waals surface area contributed by atoms with Gasteiger partial charge in [0.15, 0.2) is 5.78 Å². The van der Waals surface area contributed by atoms with E-state index in [1.54, 1.807) is 12.3 Å². The molecule has 2 rings (SSSR count). The number of hydrogen-bond acceptors (Lipinski definition) is 4. The normalized spacial score (nSPS) is 11.7. The zero-order valence-corrected chi connectivity index (χ0v) is 11.5. The predicted molar refractivity (Wildman–Crippen MR) is 70.9 cm³/mol. The zero-order chi connectivity index (χ0) is 13.2. The third-order valence-electron chi connectivity index (χ3n) is 2.41. The van der Waals surface area contributed by atoms with Crippen molar-refractivity contribution in [3.8, 4) is 0 Å². The summed E-state index contributed by atoms with van der Waals surface area (Å²) in [6.07, 6.45) is 1.74. The molecular weight excluding hydrogens is 248 g/mol. The summed E-state index contributed by atoms with van der Waals surface area (Å²) in [6, 6.07) is 3.57. The van der Waals surface area contributed by atoms with Crippen LogP contribution < -0.4 is 0 Å². The fraction of sp³-hybridized carbons (Fsp3) is 0.417. The van der Waals surface area contributed by atoms with E-state index in [0.29, 0.717) is 16.6 Å². The van der Waals surface area contributed by atoms with Crippen LogP contribution in [-0.2, 0) is 5.41 Å². The van der Waals surface area contributed by atoms with Gasteiger partial charge in [0.05, 0.1) is 11.4 Å². The zero-order valence-electron chi connectivity index (χ0n) is 10.7. The number of nitrogens with zero attached hydrogens (tertiary/aromatic N) is 2. The van der Waals surface area contributed by atoms with Gasteiger partial charge in [0.25, 0.3) is 0 Å². The Bertz CT molecular complexity index is 525. The van der Waals surface area contributed by atoms with E-state index in [2.05, 4.69) is 40.9 Å². The van der Waals surface area contributed by atoms with Crippen LogP contribution in [0.1, 0.15) is 37.1 Å². The third-order valence-corrected chi connectivity index (χ3v) is 3.25. The maximum Gasteiger partial charge on any atom is 0.208 e. The Kier molecular flexibility index (Phi) is 3.56. The van der Waals surface area contributed by atoms with Crippen molar-refractivity contribution in [1.29, 1.82) is 0 Å². The van der Waals surface area contributed by atoms with Crippen molar-refractivity contribution in [3.05, 3.63) is 29.8 Å². The van der Waals surface area contributed by atoms with Crippen LogP contribution >= 0.6 is 11.8 Å². The third kappa shape index (κ3) is 3.01. The summed E-state index contributed by atoms with van der Waals surface area (Å²) in [6.45, 7) is 6.18. The molecule has 0 aliphatic heterocycles. The molecule has 2 aromatic heterocycles. The minimum absolute atomic E-state index is 0.0482. The fourth-order valence-electron chi connectivity index (χ4n) is 1.36. The van der Waals surface area contributed by atoms with Gasteiger partial charge in [0.2, 0.25) is 5.16 Å². The number of carbonyl (C=O) groups is 1. The molecule has 0 atom stereocenters. The number of rotatable bonds is 4. The number of H-pyrrole nitrogens is 2. The topological polar surface area (TPSA) is 74.4 Å². The molecule has 0 aliphatic carbocycles. The van der Waals surface area contributed by atoms with Gasteiger partial charge in [-0.25, -0.2) is 4.98 Å². The summed E-state index contributed by atoms with van der Waals surface area (Å²) in [5, 5.41) is 7.61. The van der Waals surface area contributed by atoms with Crippen LogP contribution in [0, 0.1) is 0 Å². The van der Waals surface area contributed by atoms with Crippen LogP contribution in [0.5, 0.6) is 0 Å². The molecule has 18 heavy (non-hydrogen) atoms. The fourth-order valence-corrected chi connectivity index (χ4v) is 2.04. The van der Waals surface area contributed by atoms with Crippen LogP contribution in [0.2, 0.25) is 0 Å². The van der Waals surface area contributed by atoms with Crippen molar-refractivity contribution in [1.82, 2.24) is 20.2 Å². The second-order valence-corrected chi connectivity index (χ2v) is 5.95. The number of Topliss-reactive ketones (excluding diaryl/α,β-unsaturated/α-hetero) is 1. The highest BCUT2D eigenvalue weighted by atomic mass is 32.2. The van der Waals surface area contributed by atoms with Gasteiger partial charge in [-0.3, -0.25) is 9.89 Å². The molecule has 0 radical (unpaired) electrons. The summed E-state index contributed by atoms with van der Waals surface area (Å²) in [5.74, 6) is 1.21. The largest absolute Gasteiger partial charge is 0.359 e. The minimum Gasteiger partial charge on any atom is -0.359 e. The Morgan fingerprint density at radius 1 is 1.44 bits per heavy atom. The summed E-state index contributed by atoms with van der Waals surface area (Å²) < 4.78 is 0. The summed E-state index contributed by atoms with van der Waals surface area (Å²) >= 11 is 1.34. The average Bonchev–Trinajstić information content (AvgIpc) is 2.96. The SMILES string of the molecule is CC(C)(C)c1nc(SCC(=O)c2ccc[nH]2)n[nH]1. The van der Waals surface area contributed by atoms with E-state index in [0.717, 1.165) is 5.82 Å². The molecule has 6 heteroatoms. The number of hydrogen-bond donors (Lipinski definition) is 2. The van der Waals surface area contributed by atoms with Crippen molar-refractivity contribution in [2.45, 2.75) is 31.3 Å². The molecule has 2 heterocycles. The molecule has 0 saturated carbocycles. The maximum absolute atomic E-state index is 11.8. The monoisotopic (exact) mass is 264 g/mol. The van der Waals surface area contributed by atoms with Crippen molar-refractivity contribution < 1.29 is 4.79 Å². The Morgan fingerprint density at radius 3 is 2.78 bits per heavy atom. The van der Waals surface area contributed by atoms with Crippen molar-refractivity contribution in [2.24, 2.45) is 0 Å². The molecular formula is C12H16N4OS. The Hall–Kier alpha value is -1.56. The van der Waals surface area contributed by atoms with E-state index < -0.39 is 0 Å². The van der Waals surface area contributed by atoms with E-state index >= 15 is 0 Å². The van der Waals surface area contributed by atoms with Gasteiger partial charge in [0, 0.05) is 11.6 Å². The van der Waals surface area contributed by atoms with Gasteiger partial charge < -0.3 is 4.98 Å². The van der Waals surface area contributed by atoms with Gasteiger partial charge >= 0.3 is 0 Å². The highest BCUT2D eigenvalue weighted by Crippen LogP contribution is 2.21. The first-order valence-corrected chi connectivity index (χ1v) is 6.67. The van der Waals surface area contributed by atoms with E-state index in [4.69, 9.17) is 0 Å². The van der Waals surface area contributed by atoms with Crippen LogP contribution in [0.4, 0.5) is 0 Å². The van der Waals surface area contributed by atoms with Gasteiger partial charge in [-0.15, -0.1) is 5.10 Å². The van der Waals surface area contributed by atoms with E-state index in [-0.39, 0.29) is 11.2 Å². The number of nitrogens with one attached hydrogen (secondary N) is 2. The number of aromatic nitrogens is 4. The average molecular weight is 264 g/mol. The number of ketones is 1. The van der Waals surface area contributed by atoms with Crippen LogP contribution in [-0.4, -0.2) is 31.7 Å². The molecule has 0 amide bonds. The van der Waals surface area contributed by atoms with Crippen LogP contribution in [0.3, 0.4) is 0 Å². The van der Waals surface area contributed by atoms with Crippen molar-refractivity contribution in [2.75, 3.05) is 5.75 Å². The second-order valence-electron chi connectivity index (χ2n) is 5.01. The molecule has 96 valence electrons. The lowest BCUT2D eigenvalue weighted by molar-refractivity contribution is 0.101. The molecule has 2 N–H and O–H groups in total. The first-order valence-electron chi connectivity index (χ1n) is 5.69. The molecule has 0 fully saturated rings. The Balaban J connectivity index is 1.95. The standard InChI is InChI=1S/C12H16N4OS/c1-12(2,3)10-14-11(16-15-10)18-7-9(17)8-5-4-6-13-8/h4-6,13H,7H2,1-3H3,(H,14,15,16). The van der Waals surface area contributed by atoms with Crippen LogP contribution in [0.25, 0.3) is 0 Å². The minimum atomic E-state index is -0.0602. The highest BCUT2D eigenvalue weighted by molar-refractivity contribution is 7.99. The predicted octanol–water partition coefficient (Wildman–Crippen LogP) is 2.41. The Labute approximate surface area is 110 Å². The lowest BCUT2D eigenvalue weighted by Crippen LogP contribution is -2.13. The second kappa shape index (κ2) is 4.97. The van der Waals surface area contributed by atoms with Gasteiger partial charge in [-0.05, 0) is 12.1 Å². The Morgan fingerprint density at radius 2 is 2.22 bits per heavy atom. The summed E-state index contributed by atoms with van der Waals surface area (Å²) in [7, 11) is 0. The van der Waals surface area contributed by atoms with Crippen LogP contribution in [0.15, 0.2) is 23.5 Å². The summed E-state index contributed by atoms with van der Waals surface area (Å²) in [4.78, 5) is 19.0. The molecule has 0 saturated heterocycles. The quantitative estimate of drug-likeness (QED) is 0.657. The number of carbonyl (C=O) groups excluding carboxylic acids is 1. The maximum atomic E-state index is 11.8. The van der Waals surface area contributed by atoms with Gasteiger partial charge in [0.1, 0.15) is 5.82 Å². The first kappa shape index (κ1) is 12.9. The van der Waals surface area contributed by atoms with E-state index in [9.17, 15) is 4.79 Å². The number of aromatic amines is 2. The highest BCUT2D eigenvalue weighted by Gasteiger charge is 2.19. The molecule has 0 aromatic carbocycles. The van der Waals surface area contributed by atoms with E-state index in [1.807, 2.05) is 6.07 Å². The molecule has 2 aromatic rings. The smallest absolute Gasteiger partial charge is 0.208 e. The van der Waals surface area contributed by atoms with Gasteiger partial charge in [-0.1, -0.05) is 32.5 Å². The van der Waals surface area contributed by atoms with E-state index in [1.165, 1.54) is 11.8 Å². The van der Waals surface area contributed by atoms with Crippen molar-refractivity contribution in [3.63, 3.8) is 0 Å². The molecule has 0 bridgehead atoms. The lowest BCUT2D eigenvalue weighted by Gasteiger charge is -2.12. The molecule has 0 spiro atoms. The first-order chi connectivity index (χ1) is 8.47.